The van der Waals surface area contributed by atoms with E-state index < -0.39 is 0 Å². The number of benzene rings is 1. The molecule has 0 bridgehead atoms. The largest absolute Gasteiger partial charge is 0.354 e. The Bertz CT molecular complexity index is 681. The second-order valence-electron chi connectivity index (χ2n) is 6.47. The SMILES string of the molecule is Cc1ccccc1CNC(=O)CCN1CCN(c2ccccn2)CC1. The molecule has 2 heterocycles. The minimum Gasteiger partial charge on any atom is -0.354 e. The van der Waals surface area contributed by atoms with Gasteiger partial charge in [-0.15, -0.1) is 0 Å². The number of hydrogen-bond donors (Lipinski definition) is 1. The van der Waals surface area contributed by atoms with Crippen LogP contribution in [0.1, 0.15) is 17.5 Å². The number of aryl methyl sites for hydroxylation is 1. The average molecular weight is 338 g/mol. The summed E-state index contributed by atoms with van der Waals surface area (Å²) >= 11 is 0. The molecule has 0 atom stereocenters. The van der Waals surface area contributed by atoms with Crippen molar-refractivity contribution in [3.05, 3.63) is 59.8 Å². The highest BCUT2D eigenvalue weighted by molar-refractivity contribution is 5.76. The van der Waals surface area contributed by atoms with Crippen LogP contribution in [0.4, 0.5) is 5.82 Å². The van der Waals surface area contributed by atoms with Crippen LogP contribution in [0.25, 0.3) is 0 Å². The molecule has 1 amide bonds. The van der Waals surface area contributed by atoms with Crippen LogP contribution in [0.15, 0.2) is 48.7 Å². The maximum absolute atomic E-state index is 12.1. The van der Waals surface area contributed by atoms with Gasteiger partial charge in [-0.05, 0) is 30.2 Å². The molecule has 3 rings (SSSR count). The molecule has 5 nitrogen and oxygen atoms in total. The number of nitrogens with one attached hydrogen (secondary N) is 1. The molecule has 25 heavy (non-hydrogen) atoms. The molecule has 1 aliphatic rings. The monoisotopic (exact) mass is 338 g/mol. The molecule has 0 aliphatic carbocycles. The van der Waals surface area contributed by atoms with Crippen molar-refractivity contribution in [2.45, 2.75) is 19.9 Å². The molecule has 1 aromatic heterocycles. The molecule has 1 aliphatic heterocycles. The molecule has 132 valence electrons. The third kappa shape index (κ3) is 5.03. The van der Waals surface area contributed by atoms with Gasteiger partial charge >= 0.3 is 0 Å². The fourth-order valence-electron chi connectivity index (χ4n) is 3.09. The molecule has 1 N–H and O–H groups in total. The zero-order valence-corrected chi connectivity index (χ0v) is 14.8. The van der Waals surface area contributed by atoms with E-state index in [1.807, 2.05) is 30.5 Å². The van der Waals surface area contributed by atoms with Crippen molar-refractivity contribution in [3.63, 3.8) is 0 Å². The summed E-state index contributed by atoms with van der Waals surface area (Å²) in [5.74, 6) is 1.16. The standard InChI is InChI=1S/C20H26N4O/c1-17-6-2-3-7-18(17)16-22-20(25)9-11-23-12-14-24(15-13-23)19-8-4-5-10-21-19/h2-8,10H,9,11-16H2,1H3,(H,22,25). The van der Waals surface area contributed by atoms with E-state index >= 15 is 0 Å². The summed E-state index contributed by atoms with van der Waals surface area (Å²) in [7, 11) is 0. The summed E-state index contributed by atoms with van der Waals surface area (Å²) in [6.07, 6.45) is 2.38. The second-order valence-corrected chi connectivity index (χ2v) is 6.47. The highest BCUT2D eigenvalue weighted by atomic mass is 16.1. The third-order valence-electron chi connectivity index (χ3n) is 4.74. The van der Waals surface area contributed by atoms with E-state index in [2.05, 4.69) is 45.2 Å². The number of hydrogen-bond acceptors (Lipinski definition) is 4. The van der Waals surface area contributed by atoms with Crippen LogP contribution in [0.3, 0.4) is 0 Å². The maximum atomic E-state index is 12.1. The smallest absolute Gasteiger partial charge is 0.221 e. The Kier molecular flexibility index (Phi) is 6.01. The number of anilines is 1. The molecule has 0 radical (unpaired) electrons. The van der Waals surface area contributed by atoms with Crippen LogP contribution in [0, 0.1) is 6.92 Å². The lowest BCUT2D eigenvalue weighted by Gasteiger charge is -2.35. The van der Waals surface area contributed by atoms with Gasteiger partial charge in [0, 0.05) is 51.9 Å². The first kappa shape index (κ1) is 17.4. The average Bonchev–Trinajstić information content (AvgIpc) is 2.67. The number of pyridine rings is 1. The van der Waals surface area contributed by atoms with Crippen LogP contribution in [-0.4, -0.2) is 48.5 Å². The lowest BCUT2D eigenvalue weighted by molar-refractivity contribution is -0.121. The van der Waals surface area contributed by atoms with Crippen molar-refractivity contribution in [1.29, 1.82) is 0 Å². The van der Waals surface area contributed by atoms with Gasteiger partial charge in [-0.2, -0.15) is 0 Å². The maximum Gasteiger partial charge on any atom is 0.221 e. The van der Waals surface area contributed by atoms with Crippen LogP contribution < -0.4 is 10.2 Å². The Morgan fingerprint density at radius 2 is 1.84 bits per heavy atom. The van der Waals surface area contributed by atoms with Crippen LogP contribution >= 0.6 is 0 Å². The predicted octanol–water partition coefficient (Wildman–Crippen LogP) is 2.22. The normalized spacial score (nSPS) is 15.2. The Labute approximate surface area is 149 Å². The number of piperazine rings is 1. The molecule has 1 saturated heterocycles. The molecule has 5 heteroatoms. The van der Waals surface area contributed by atoms with Crippen molar-refractivity contribution >= 4 is 11.7 Å². The first-order chi connectivity index (χ1) is 12.2. The summed E-state index contributed by atoms with van der Waals surface area (Å²) in [5.41, 5.74) is 2.40. The highest BCUT2D eigenvalue weighted by Crippen LogP contribution is 2.12. The summed E-state index contributed by atoms with van der Waals surface area (Å²) < 4.78 is 0. The molecule has 1 aromatic carbocycles. The number of carbonyl (C=O) groups is 1. The summed E-state index contributed by atoms with van der Waals surface area (Å²) in [5, 5.41) is 3.03. The molecular weight excluding hydrogens is 312 g/mol. The summed E-state index contributed by atoms with van der Waals surface area (Å²) in [6, 6.07) is 14.2. The molecule has 0 spiro atoms. The van der Waals surface area contributed by atoms with Crippen LogP contribution in [-0.2, 0) is 11.3 Å². The van der Waals surface area contributed by atoms with E-state index in [4.69, 9.17) is 0 Å². The van der Waals surface area contributed by atoms with Crippen molar-refractivity contribution in [3.8, 4) is 0 Å². The van der Waals surface area contributed by atoms with Crippen molar-refractivity contribution < 1.29 is 4.79 Å². The highest BCUT2D eigenvalue weighted by Gasteiger charge is 2.18. The second kappa shape index (κ2) is 8.62. The van der Waals surface area contributed by atoms with Gasteiger partial charge in [0.15, 0.2) is 0 Å². The zero-order valence-electron chi connectivity index (χ0n) is 14.8. The van der Waals surface area contributed by atoms with E-state index in [1.165, 1.54) is 11.1 Å². The van der Waals surface area contributed by atoms with Crippen LogP contribution in [0.2, 0.25) is 0 Å². The quantitative estimate of drug-likeness (QED) is 0.877. The van der Waals surface area contributed by atoms with E-state index in [0.29, 0.717) is 13.0 Å². The Balaban J connectivity index is 1.37. The van der Waals surface area contributed by atoms with Gasteiger partial charge in [-0.1, -0.05) is 30.3 Å². The number of carbonyl (C=O) groups excluding carboxylic acids is 1. The van der Waals surface area contributed by atoms with E-state index in [0.717, 1.165) is 38.5 Å². The predicted molar refractivity (Wildman–Crippen MR) is 101 cm³/mol. The van der Waals surface area contributed by atoms with Gasteiger partial charge in [0.2, 0.25) is 5.91 Å². The lowest BCUT2D eigenvalue weighted by atomic mass is 10.1. The Morgan fingerprint density at radius 1 is 1.08 bits per heavy atom. The number of aromatic nitrogens is 1. The van der Waals surface area contributed by atoms with Gasteiger partial charge in [0.1, 0.15) is 5.82 Å². The Morgan fingerprint density at radius 3 is 2.56 bits per heavy atom. The van der Waals surface area contributed by atoms with Gasteiger partial charge < -0.3 is 10.2 Å². The summed E-state index contributed by atoms with van der Waals surface area (Å²) in [4.78, 5) is 21.2. The zero-order chi connectivity index (χ0) is 17.5. The van der Waals surface area contributed by atoms with E-state index in [-0.39, 0.29) is 5.91 Å². The molecule has 0 unspecified atom stereocenters. The fraction of sp³-hybridized carbons (Fsp3) is 0.400. The van der Waals surface area contributed by atoms with Gasteiger partial charge in [0.25, 0.3) is 0 Å². The first-order valence-electron chi connectivity index (χ1n) is 8.92. The van der Waals surface area contributed by atoms with E-state index in [9.17, 15) is 4.79 Å². The van der Waals surface area contributed by atoms with Crippen LogP contribution in [0.5, 0.6) is 0 Å². The molecular formula is C20H26N4O. The van der Waals surface area contributed by atoms with Crippen molar-refractivity contribution in [2.75, 3.05) is 37.6 Å². The topological polar surface area (TPSA) is 48.5 Å². The Hall–Kier alpha value is -2.40. The molecule has 2 aromatic rings. The fourth-order valence-corrected chi connectivity index (χ4v) is 3.09. The minimum absolute atomic E-state index is 0.121. The van der Waals surface area contributed by atoms with Crippen molar-refractivity contribution in [2.24, 2.45) is 0 Å². The van der Waals surface area contributed by atoms with Gasteiger partial charge in [0.05, 0.1) is 0 Å². The number of amides is 1. The summed E-state index contributed by atoms with van der Waals surface area (Å²) in [6.45, 7) is 7.37. The minimum atomic E-state index is 0.121. The number of rotatable bonds is 6. The molecule has 0 saturated carbocycles. The lowest BCUT2D eigenvalue weighted by Crippen LogP contribution is -2.47. The number of nitrogens with zero attached hydrogens (tertiary/aromatic N) is 3. The molecule has 1 fully saturated rings. The van der Waals surface area contributed by atoms with Gasteiger partial charge in [-0.25, -0.2) is 4.98 Å². The van der Waals surface area contributed by atoms with E-state index in [1.54, 1.807) is 0 Å². The van der Waals surface area contributed by atoms with Crippen molar-refractivity contribution in [1.82, 2.24) is 15.2 Å². The third-order valence-corrected chi connectivity index (χ3v) is 4.74. The van der Waals surface area contributed by atoms with Gasteiger partial charge in [-0.3, -0.25) is 9.69 Å². The first-order valence-corrected chi connectivity index (χ1v) is 8.92.